The molecule has 1 rings (SSSR count). The van der Waals surface area contributed by atoms with E-state index in [9.17, 15) is 0 Å². The maximum absolute atomic E-state index is 3.30. The summed E-state index contributed by atoms with van der Waals surface area (Å²) in [5.74, 6) is 0.915. The molecule has 1 aromatic rings. The molecule has 0 heteroatoms. The minimum Gasteiger partial charge on any atom is -0.0654 e. The van der Waals surface area contributed by atoms with Crippen LogP contribution < -0.4 is 0 Å². The molecule has 1 radical (unpaired) electrons. The largest absolute Gasteiger partial charge is 0.0654 e. The van der Waals surface area contributed by atoms with Gasteiger partial charge in [0.15, 0.2) is 0 Å². The topological polar surface area (TPSA) is 0 Å². The van der Waals surface area contributed by atoms with Crippen molar-refractivity contribution in [3.63, 3.8) is 0 Å². The van der Waals surface area contributed by atoms with Gasteiger partial charge in [0.25, 0.3) is 0 Å². The molecular formula is C15H23. The summed E-state index contributed by atoms with van der Waals surface area (Å²) in [6, 6.07) is 11.7. The van der Waals surface area contributed by atoms with Crippen LogP contribution in [0.3, 0.4) is 0 Å². The fourth-order valence-corrected chi connectivity index (χ4v) is 1.99. The minimum atomic E-state index is 0.915. The van der Waals surface area contributed by atoms with Crippen LogP contribution in [0, 0.1) is 12.0 Å². The van der Waals surface area contributed by atoms with Crippen LogP contribution in [0.25, 0.3) is 0 Å². The summed E-state index contributed by atoms with van der Waals surface area (Å²) in [6.07, 6.45) is 7.97. The molecule has 1 atom stereocenters. The molecule has 0 aliphatic heterocycles. The average molecular weight is 203 g/mol. The highest BCUT2D eigenvalue weighted by molar-refractivity contribution is 5.12. The highest BCUT2D eigenvalue weighted by atomic mass is 14.1. The van der Waals surface area contributed by atoms with Crippen molar-refractivity contribution in [3.05, 3.63) is 35.9 Å². The van der Waals surface area contributed by atoms with E-state index in [1.165, 1.54) is 44.1 Å². The van der Waals surface area contributed by atoms with Crippen molar-refractivity contribution in [3.8, 4) is 0 Å². The molecule has 0 aliphatic rings. The number of aryl methyl sites for hydroxylation is 1. The van der Waals surface area contributed by atoms with Crippen LogP contribution in [0.4, 0.5) is 0 Å². The van der Waals surface area contributed by atoms with Gasteiger partial charge in [0.2, 0.25) is 0 Å². The first-order chi connectivity index (χ1) is 7.36. The fraction of sp³-hybridized carbons (Fsp3) is 0.600. The number of hydrogen-bond acceptors (Lipinski definition) is 0. The smallest absolute Gasteiger partial charge is 0.0149 e. The molecule has 0 saturated heterocycles. The Kier molecular flexibility index (Phi) is 6.15. The van der Waals surface area contributed by atoms with Gasteiger partial charge in [-0.1, -0.05) is 63.8 Å². The summed E-state index contributed by atoms with van der Waals surface area (Å²) in [6.45, 7) is 4.59. The Bertz CT molecular complexity index is 237. The Morgan fingerprint density at radius 1 is 1.20 bits per heavy atom. The summed E-state index contributed by atoms with van der Waals surface area (Å²) in [5.41, 5.74) is 1.37. The quantitative estimate of drug-likeness (QED) is 0.606. The van der Waals surface area contributed by atoms with E-state index in [2.05, 4.69) is 32.0 Å². The lowest BCUT2D eigenvalue weighted by atomic mass is 9.92. The molecule has 0 spiro atoms. The predicted octanol–water partition coefficient (Wildman–Crippen LogP) is 4.64. The molecule has 0 aliphatic carbocycles. The number of rotatable bonds is 7. The first-order valence-electron chi connectivity index (χ1n) is 6.32. The third kappa shape index (κ3) is 5.01. The molecule has 0 heterocycles. The average Bonchev–Trinajstić information content (AvgIpc) is 2.31. The van der Waals surface area contributed by atoms with Crippen molar-refractivity contribution in [2.45, 2.75) is 52.4 Å². The maximum atomic E-state index is 3.30. The number of hydrogen-bond donors (Lipinski definition) is 0. The van der Waals surface area contributed by atoms with E-state index in [0.717, 1.165) is 5.92 Å². The first kappa shape index (κ1) is 12.3. The molecule has 0 saturated carbocycles. The normalized spacial score (nSPS) is 12.7. The van der Waals surface area contributed by atoms with E-state index >= 15 is 0 Å². The molecular weight excluding hydrogens is 180 g/mol. The summed E-state index contributed by atoms with van der Waals surface area (Å²) in [5, 5.41) is 0. The van der Waals surface area contributed by atoms with E-state index in [0.29, 0.717) is 0 Å². The van der Waals surface area contributed by atoms with Crippen molar-refractivity contribution >= 4 is 0 Å². The predicted molar refractivity (Wildman–Crippen MR) is 66.9 cm³/mol. The van der Waals surface area contributed by atoms with Gasteiger partial charge in [0.05, 0.1) is 0 Å². The summed E-state index contributed by atoms with van der Waals surface area (Å²) >= 11 is 0. The van der Waals surface area contributed by atoms with E-state index in [1.807, 2.05) is 12.1 Å². The van der Waals surface area contributed by atoms with Crippen molar-refractivity contribution in [2.75, 3.05) is 0 Å². The highest BCUT2D eigenvalue weighted by Gasteiger charge is 2.05. The van der Waals surface area contributed by atoms with Crippen molar-refractivity contribution in [2.24, 2.45) is 5.92 Å². The SMILES string of the molecule is CCCCC(CC)CCc1[c]cccc1. The monoisotopic (exact) mass is 203 g/mol. The van der Waals surface area contributed by atoms with Crippen LogP contribution in [0.5, 0.6) is 0 Å². The molecule has 0 N–H and O–H groups in total. The Morgan fingerprint density at radius 2 is 2.07 bits per heavy atom. The Morgan fingerprint density at radius 3 is 2.67 bits per heavy atom. The third-order valence-corrected chi connectivity index (χ3v) is 3.14. The molecule has 1 aromatic carbocycles. The number of benzene rings is 1. The van der Waals surface area contributed by atoms with Crippen LogP contribution in [-0.2, 0) is 6.42 Å². The zero-order valence-electron chi connectivity index (χ0n) is 10.1. The first-order valence-corrected chi connectivity index (χ1v) is 6.32. The lowest BCUT2D eigenvalue weighted by Crippen LogP contribution is -2.01. The minimum absolute atomic E-state index is 0.915. The third-order valence-electron chi connectivity index (χ3n) is 3.14. The standard InChI is InChI=1S/C15H23/c1-3-5-9-14(4-2)12-13-15-10-7-6-8-11-15/h6-8,10,14H,3-5,9,12-13H2,1-2H3. The van der Waals surface area contributed by atoms with Gasteiger partial charge < -0.3 is 0 Å². The molecule has 0 fully saturated rings. The van der Waals surface area contributed by atoms with Crippen molar-refractivity contribution in [1.29, 1.82) is 0 Å². The lowest BCUT2D eigenvalue weighted by molar-refractivity contribution is 0.422. The Hall–Kier alpha value is -0.780. The van der Waals surface area contributed by atoms with Gasteiger partial charge in [0, 0.05) is 0 Å². The lowest BCUT2D eigenvalue weighted by Gasteiger charge is -2.13. The maximum Gasteiger partial charge on any atom is -0.0149 e. The second-order valence-electron chi connectivity index (χ2n) is 4.34. The van der Waals surface area contributed by atoms with Gasteiger partial charge in [-0.25, -0.2) is 0 Å². The van der Waals surface area contributed by atoms with Gasteiger partial charge in [0.1, 0.15) is 0 Å². The van der Waals surface area contributed by atoms with Gasteiger partial charge in [-0.15, -0.1) is 0 Å². The molecule has 15 heavy (non-hydrogen) atoms. The molecule has 0 nitrogen and oxygen atoms in total. The van der Waals surface area contributed by atoms with Gasteiger partial charge >= 0.3 is 0 Å². The summed E-state index contributed by atoms with van der Waals surface area (Å²) in [4.78, 5) is 0. The second-order valence-corrected chi connectivity index (χ2v) is 4.34. The molecule has 0 amide bonds. The van der Waals surface area contributed by atoms with E-state index in [1.54, 1.807) is 0 Å². The van der Waals surface area contributed by atoms with Gasteiger partial charge in [-0.3, -0.25) is 0 Å². The number of unbranched alkanes of at least 4 members (excludes halogenated alkanes) is 1. The zero-order chi connectivity index (χ0) is 10.9. The van der Waals surface area contributed by atoms with Crippen molar-refractivity contribution in [1.82, 2.24) is 0 Å². The van der Waals surface area contributed by atoms with Gasteiger partial charge in [-0.2, -0.15) is 0 Å². The van der Waals surface area contributed by atoms with Crippen LogP contribution in [0.15, 0.2) is 24.3 Å². The van der Waals surface area contributed by atoms with Crippen LogP contribution in [0.2, 0.25) is 0 Å². The van der Waals surface area contributed by atoms with Gasteiger partial charge in [-0.05, 0) is 30.4 Å². The highest BCUT2D eigenvalue weighted by Crippen LogP contribution is 2.18. The van der Waals surface area contributed by atoms with E-state index in [-0.39, 0.29) is 0 Å². The van der Waals surface area contributed by atoms with Crippen LogP contribution in [0.1, 0.15) is 51.5 Å². The fourth-order valence-electron chi connectivity index (χ4n) is 1.99. The zero-order valence-corrected chi connectivity index (χ0v) is 10.1. The summed E-state index contributed by atoms with van der Waals surface area (Å²) in [7, 11) is 0. The molecule has 0 bridgehead atoms. The van der Waals surface area contributed by atoms with E-state index < -0.39 is 0 Å². The molecule has 83 valence electrons. The molecule has 0 aromatic heterocycles. The molecule has 1 unspecified atom stereocenters. The summed E-state index contributed by atoms with van der Waals surface area (Å²) < 4.78 is 0. The Balaban J connectivity index is 2.28. The van der Waals surface area contributed by atoms with E-state index in [4.69, 9.17) is 0 Å². The van der Waals surface area contributed by atoms with Crippen LogP contribution in [-0.4, -0.2) is 0 Å². The van der Waals surface area contributed by atoms with Crippen LogP contribution >= 0.6 is 0 Å². The second kappa shape index (κ2) is 7.50. The Labute approximate surface area is 94.7 Å². The van der Waals surface area contributed by atoms with Crippen molar-refractivity contribution < 1.29 is 0 Å².